The van der Waals surface area contributed by atoms with Gasteiger partial charge in [-0.25, -0.2) is 4.98 Å². The monoisotopic (exact) mass is 316 g/mol. The van der Waals surface area contributed by atoms with Gasteiger partial charge < -0.3 is 5.32 Å². The van der Waals surface area contributed by atoms with Crippen LogP contribution in [-0.2, 0) is 0 Å². The van der Waals surface area contributed by atoms with Gasteiger partial charge in [-0.05, 0) is 46.4 Å². The van der Waals surface area contributed by atoms with E-state index in [-0.39, 0.29) is 6.04 Å². The molecule has 0 aliphatic heterocycles. The van der Waals surface area contributed by atoms with Crippen LogP contribution in [0.4, 0.5) is 5.82 Å². The normalized spacial score (nSPS) is 12.4. The molecule has 2 heterocycles. The maximum absolute atomic E-state index is 5.83. The summed E-state index contributed by atoms with van der Waals surface area (Å²) in [4.78, 5) is 5.45. The summed E-state index contributed by atoms with van der Waals surface area (Å²) in [6.07, 6.45) is 0. The Kier molecular flexibility index (Phi) is 3.84. The van der Waals surface area contributed by atoms with Crippen LogP contribution in [-0.4, -0.2) is 4.98 Å². The molecule has 0 spiro atoms. The van der Waals surface area contributed by atoms with Crippen LogP contribution in [0.25, 0.3) is 0 Å². The van der Waals surface area contributed by atoms with E-state index in [1.807, 2.05) is 18.2 Å². The van der Waals surface area contributed by atoms with Crippen molar-refractivity contribution in [1.82, 2.24) is 4.98 Å². The lowest BCUT2D eigenvalue weighted by Crippen LogP contribution is -2.06. The van der Waals surface area contributed by atoms with E-state index in [0.29, 0.717) is 5.15 Å². The van der Waals surface area contributed by atoms with Gasteiger partial charge in [-0.2, -0.15) is 0 Å². The van der Waals surface area contributed by atoms with Crippen molar-refractivity contribution in [2.24, 2.45) is 0 Å². The van der Waals surface area contributed by atoms with Crippen molar-refractivity contribution in [3.8, 4) is 0 Å². The molecule has 0 saturated carbocycles. The summed E-state index contributed by atoms with van der Waals surface area (Å²) in [5.74, 6) is 0.792. The van der Waals surface area contributed by atoms with Crippen LogP contribution in [0.5, 0.6) is 0 Å². The average Bonchev–Trinajstić information content (AvgIpc) is 2.64. The number of hydrogen-bond acceptors (Lipinski definition) is 3. The average molecular weight is 318 g/mol. The van der Waals surface area contributed by atoms with Gasteiger partial charge in [-0.3, -0.25) is 0 Å². The van der Waals surface area contributed by atoms with E-state index in [9.17, 15) is 0 Å². The number of aromatic nitrogens is 1. The first-order valence-corrected chi connectivity index (χ1v) is 6.84. The zero-order valence-corrected chi connectivity index (χ0v) is 11.7. The van der Waals surface area contributed by atoms with Crippen LogP contribution in [0.15, 0.2) is 34.1 Å². The molecule has 0 amide bonds. The quantitative estimate of drug-likeness (QED) is 0.828. The molecule has 16 heavy (non-hydrogen) atoms. The number of anilines is 1. The van der Waals surface area contributed by atoms with Crippen LogP contribution in [0.3, 0.4) is 0 Å². The molecule has 2 rings (SSSR count). The summed E-state index contributed by atoms with van der Waals surface area (Å²) >= 11 is 11.1. The Balaban J connectivity index is 2.14. The van der Waals surface area contributed by atoms with Crippen molar-refractivity contribution in [3.05, 3.63) is 44.1 Å². The zero-order chi connectivity index (χ0) is 11.5. The predicted molar refractivity (Wildman–Crippen MR) is 73.3 cm³/mol. The van der Waals surface area contributed by atoms with E-state index in [2.05, 4.69) is 38.5 Å². The highest BCUT2D eigenvalue weighted by Gasteiger charge is 2.10. The van der Waals surface area contributed by atoms with Gasteiger partial charge in [0.2, 0.25) is 0 Å². The van der Waals surface area contributed by atoms with Gasteiger partial charge >= 0.3 is 0 Å². The Morgan fingerprint density at radius 3 is 2.88 bits per heavy atom. The third-order valence-electron chi connectivity index (χ3n) is 2.12. The largest absolute Gasteiger partial charge is 0.363 e. The van der Waals surface area contributed by atoms with E-state index in [0.717, 1.165) is 10.3 Å². The number of rotatable bonds is 3. The van der Waals surface area contributed by atoms with Gasteiger partial charge in [0, 0.05) is 9.35 Å². The van der Waals surface area contributed by atoms with Gasteiger partial charge in [0.05, 0.1) is 6.04 Å². The van der Waals surface area contributed by atoms with Crippen molar-refractivity contribution >= 4 is 44.7 Å². The second-order valence-electron chi connectivity index (χ2n) is 3.34. The second kappa shape index (κ2) is 5.17. The highest BCUT2D eigenvalue weighted by molar-refractivity contribution is 9.10. The topological polar surface area (TPSA) is 24.9 Å². The first-order valence-electron chi connectivity index (χ1n) is 4.79. The summed E-state index contributed by atoms with van der Waals surface area (Å²) in [5.41, 5.74) is 0. The van der Waals surface area contributed by atoms with Crippen molar-refractivity contribution in [1.29, 1.82) is 0 Å². The van der Waals surface area contributed by atoms with Crippen molar-refractivity contribution in [3.63, 3.8) is 0 Å². The lowest BCUT2D eigenvalue weighted by Gasteiger charge is -2.13. The Hall–Kier alpha value is -0.580. The van der Waals surface area contributed by atoms with Crippen LogP contribution in [0, 0.1) is 0 Å². The second-order valence-corrected chi connectivity index (χ2v) is 5.53. The highest BCUT2D eigenvalue weighted by atomic mass is 79.9. The molecule has 1 unspecified atom stereocenters. The minimum atomic E-state index is 0.209. The predicted octanol–water partition coefficient (Wildman–Crippen LogP) is 4.73. The Morgan fingerprint density at radius 1 is 1.44 bits per heavy atom. The van der Waals surface area contributed by atoms with Crippen LogP contribution in [0.2, 0.25) is 5.15 Å². The lowest BCUT2D eigenvalue weighted by atomic mass is 10.3. The number of halogens is 2. The van der Waals surface area contributed by atoms with E-state index in [4.69, 9.17) is 11.6 Å². The number of pyridine rings is 1. The Morgan fingerprint density at radius 2 is 2.25 bits per heavy atom. The summed E-state index contributed by atoms with van der Waals surface area (Å²) in [5, 5.41) is 5.87. The van der Waals surface area contributed by atoms with Gasteiger partial charge in [0.15, 0.2) is 0 Å². The first kappa shape index (κ1) is 11.9. The van der Waals surface area contributed by atoms with E-state index in [1.165, 1.54) is 4.88 Å². The summed E-state index contributed by atoms with van der Waals surface area (Å²) in [6.45, 7) is 2.10. The smallest absolute Gasteiger partial charge is 0.131 e. The van der Waals surface area contributed by atoms with Crippen molar-refractivity contribution < 1.29 is 0 Å². The fraction of sp³-hybridized carbons (Fsp3) is 0.182. The fourth-order valence-electron chi connectivity index (χ4n) is 1.39. The van der Waals surface area contributed by atoms with Gasteiger partial charge in [-0.1, -0.05) is 17.7 Å². The maximum atomic E-state index is 5.83. The Labute approximate surface area is 112 Å². The van der Waals surface area contributed by atoms with Gasteiger partial charge in [0.25, 0.3) is 0 Å². The molecule has 2 nitrogen and oxygen atoms in total. The molecule has 0 saturated heterocycles. The molecule has 84 valence electrons. The SMILES string of the molecule is CC(Nc1cccc(Cl)n1)c1sccc1Br. The molecule has 5 heteroatoms. The minimum absolute atomic E-state index is 0.209. The number of nitrogens with one attached hydrogen (secondary N) is 1. The van der Waals surface area contributed by atoms with Crippen molar-refractivity contribution in [2.45, 2.75) is 13.0 Å². The van der Waals surface area contributed by atoms with E-state index < -0.39 is 0 Å². The van der Waals surface area contributed by atoms with E-state index >= 15 is 0 Å². The first-order chi connectivity index (χ1) is 7.66. The third-order valence-corrected chi connectivity index (χ3v) is 4.38. The fourth-order valence-corrected chi connectivity index (χ4v) is 3.28. The molecule has 0 aromatic carbocycles. The minimum Gasteiger partial charge on any atom is -0.363 e. The van der Waals surface area contributed by atoms with Crippen LogP contribution >= 0.6 is 38.9 Å². The highest BCUT2D eigenvalue weighted by Crippen LogP contribution is 2.30. The molecule has 0 aliphatic carbocycles. The molecular formula is C11H10BrClN2S. The zero-order valence-electron chi connectivity index (χ0n) is 8.58. The number of nitrogens with zero attached hydrogens (tertiary/aromatic N) is 1. The van der Waals surface area contributed by atoms with E-state index in [1.54, 1.807) is 17.4 Å². The molecule has 2 aromatic heterocycles. The summed E-state index contributed by atoms with van der Waals surface area (Å²) in [6, 6.07) is 7.81. The summed E-state index contributed by atoms with van der Waals surface area (Å²) in [7, 11) is 0. The molecule has 0 radical (unpaired) electrons. The molecule has 0 aliphatic rings. The molecule has 0 bridgehead atoms. The van der Waals surface area contributed by atoms with Crippen molar-refractivity contribution in [2.75, 3.05) is 5.32 Å². The number of thiophene rings is 1. The Bertz CT molecular complexity index is 486. The molecule has 1 atom stereocenters. The summed E-state index contributed by atoms with van der Waals surface area (Å²) < 4.78 is 1.12. The third kappa shape index (κ3) is 2.75. The van der Waals surface area contributed by atoms with Crippen LogP contribution < -0.4 is 5.32 Å². The molecule has 1 N–H and O–H groups in total. The van der Waals surface area contributed by atoms with Gasteiger partial charge in [0.1, 0.15) is 11.0 Å². The van der Waals surface area contributed by atoms with Gasteiger partial charge in [-0.15, -0.1) is 11.3 Å². The van der Waals surface area contributed by atoms with Crippen LogP contribution in [0.1, 0.15) is 17.8 Å². The molecule has 2 aromatic rings. The lowest BCUT2D eigenvalue weighted by molar-refractivity contribution is 0.892. The molecule has 0 fully saturated rings. The number of hydrogen-bond donors (Lipinski definition) is 1. The maximum Gasteiger partial charge on any atom is 0.131 e. The standard InChI is InChI=1S/C11H10BrClN2S/c1-7(11-8(12)5-6-16-11)14-10-4-2-3-9(13)15-10/h2-7H,1H3,(H,14,15). The molecular weight excluding hydrogens is 308 g/mol.